The summed E-state index contributed by atoms with van der Waals surface area (Å²) in [6, 6.07) is 2.44. The molecule has 1 heterocycles. The second kappa shape index (κ2) is 4.23. The van der Waals surface area contributed by atoms with Gasteiger partial charge in [-0.15, -0.1) is 0 Å². The molecule has 0 aliphatic carbocycles. The second-order valence-electron chi connectivity index (χ2n) is 4.00. The van der Waals surface area contributed by atoms with Gasteiger partial charge in [-0.05, 0) is 0 Å². The number of methoxy groups -OCH3 is 1. The monoisotopic (exact) mass is 265 g/mol. The number of hydrogen-bond donors (Lipinski definition) is 0. The third-order valence-electron chi connectivity index (χ3n) is 2.96. The minimum Gasteiger partial charge on any atom is -0.490 e. The van der Waals surface area contributed by atoms with Crippen molar-refractivity contribution < 1.29 is 9.66 Å². The Morgan fingerprint density at radius 1 is 1.21 bits per heavy atom. The molecular formula is C11H11N3O5. The van der Waals surface area contributed by atoms with Crippen molar-refractivity contribution in [1.82, 2.24) is 9.13 Å². The van der Waals surface area contributed by atoms with Crippen molar-refractivity contribution in [2.75, 3.05) is 7.11 Å². The molecule has 2 aromatic rings. The van der Waals surface area contributed by atoms with Gasteiger partial charge in [-0.3, -0.25) is 24.0 Å². The van der Waals surface area contributed by atoms with Gasteiger partial charge in [-0.1, -0.05) is 0 Å². The number of nitro benzene ring substituents is 1. The molecule has 0 radical (unpaired) electrons. The van der Waals surface area contributed by atoms with Crippen LogP contribution in [0.15, 0.2) is 21.7 Å². The lowest BCUT2D eigenvalue weighted by atomic mass is 10.2. The van der Waals surface area contributed by atoms with Gasteiger partial charge in [0.15, 0.2) is 5.75 Å². The molecule has 1 aromatic heterocycles. The summed E-state index contributed by atoms with van der Waals surface area (Å²) >= 11 is 0. The van der Waals surface area contributed by atoms with Crippen LogP contribution in [0, 0.1) is 10.1 Å². The average molecular weight is 265 g/mol. The number of aromatic nitrogens is 2. The summed E-state index contributed by atoms with van der Waals surface area (Å²) in [6.07, 6.45) is 0. The number of benzene rings is 1. The normalized spacial score (nSPS) is 10.7. The molecule has 19 heavy (non-hydrogen) atoms. The van der Waals surface area contributed by atoms with Crippen molar-refractivity contribution >= 4 is 16.6 Å². The number of aryl methyl sites for hydroxylation is 1. The smallest absolute Gasteiger partial charge is 0.330 e. The number of fused-ring (bicyclic) bond motifs is 1. The predicted octanol–water partition coefficient (Wildman–Crippen LogP) is 0.154. The predicted molar refractivity (Wildman–Crippen MR) is 67.6 cm³/mol. The fourth-order valence-electron chi connectivity index (χ4n) is 1.91. The molecule has 0 saturated carbocycles. The molecule has 100 valence electrons. The molecule has 2 rings (SSSR count). The van der Waals surface area contributed by atoms with Gasteiger partial charge in [0.1, 0.15) is 0 Å². The zero-order valence-electron chi connectivity index (χ0n) is 10.5. The van der Waals surface area contributed by atoms with Crippen molar-refractivity contribution in [2.45, 2.75) is 0 Å². The maximum atomic E-state index is 12.0. The minimum absolute atomic E-state index is 0.000697. The van der Waals surface area contributed by atoms with E-state index >= 15 is 0 Å². The van der Waals surface area contributed by atoms with E-state index in [0.717, 1.165) is 10.6 Å². The number of nitrogens with zero attached hydrogens (tertiary/aromatic N) is 3. The summed E-state index contributed by atoms with van der Waals surface area (Å²) < 4.78 is 7.05. The van der Waals surface area contributed by atoms with Crippen LogP contribution in [0.3, 0.4) is 0 Å². The number of hydrogen-bond acceptors (Lipinski definition) is 5. The van der Waals surface area contributed by atoms with Crippen LogP contribution < -0.4 is 16.0 Å². The Hall–Kier alpha value is -2.64. The quantitative estimate of drug-likeness (QED) is 0.569. The third kappa shape index (κ3) is 1.77. The highest BCUT2D eigenvalue weighted by Gasteiger charge is 2.19. The van der Waals surface area contributed by atoms with Crippen LogP contribution in [0.2, 0.25) is 0 Å². The van der Waals surface area contributed by atoms with E-state index in [4.69, 9.17) is 4.74 Å². The molecule has 0 spiro atoms. The Balaban J connectivity index is 3.06. The Morgan fingerprint density at radius 2 is 1.84 bits per heavy atom. The van der Waals surface area contributed by atoms with E-state index in [1.54, 1.807) is 0 Å². The standard InChI is InChI=1S/C11H11N3O5/c1-12-7-5-9(19-3)8(14(17)18)4-6(7)10(15)13(2)11(12)16/h4-5H,1-3H3. The first-order chi connectivity index (χ1) is 8.88. The van der Waals surface area contributed by atoms with Gasteiger partial charge in [0.05, 0.1) is 22.9 Å². The molecule has 0 atom stereocenters. The van der Waals surface area contributed by atoms with Crippen molar-refractivity contribution in [2.24, 2.45) is 14.1 Å². The Labute approximate surface area is 106 Å². The van der Waals surface area contributed by atoms with E-state index in [1.165, 1.54) is 31.8 Å². The van der Waals surface area contributed by atoms with Gasteiger partial charge >= 0.3 is 11.4 Å². The number of rotatable bonds is 2. The summed E-state index contributed by atoms with van der Waals surface area (Å²) in [7, 11) is 4.09. The van der Waals surface area contributed by atoms with E-state index in [2.05, 4.69) is 0 Å². The van der Waals surface area contributed by atoms with Crippen LogP contribution in [0.25, 0.3) is 10.9 Å². The zero-order valence-corrected chi connectivity index (χ0v) is 10.5. The second-order valence-corrected chi connectivity index (χ2v) is 4.00. The summed E-state index contributed by atoms with van der Waals surface area (Å²) in [4.78, 5) is 34.0. The molecule has 0 amide bonds. The third-order valence-corrected chi connectivity index (χ3v) is 2.96. The van der Waals surface area contributed by atoms with Gasteiger partial charge < -0.3 is 4.74 Å². The van der Waals surface area contributed by atoms with Crippen LogP contribution in [-0.4, -0.2) is 21.2 Å². The van der Waals surface area contributed by atoms with Gasteiger partial charge in [0.2, 0.25) is 0 Å². The first kappa shape index (κ1) is 12.8. The maximum absolute atomic E-state index is 12.0. The topological polar surface area (TPSA) is 96.4 Å². The molecule has 0 unspecified atom stereocenters. The first-order valence-corrected chi connectivity index (χ1v) is 5.30. The number of ether oxygens (including phenoxy) is 1. The molecule has 0 saturated heterocycles. The van der Waals surface area contributed by atoms with Crippen LogP contribution in [0.5, 0.6) is 5.75 Å². The SMILES string of the molecule is COc1cc2c(cc1[N+](=O)[O-])c(=O)n(C)c(=O)n2C. The van der Waals surface area contributed by atoms with E-state index < -0.39 is 16.2 Å². The molecule has 8 nitrogen and oxygen atoms in total. The van der Waals surface area contributed by atoms with Crippen molar-refractivity contribution in [3.63, 3.8) is 0 Å². The van der Waals surface area contributed by atoms with Crippen LogP contribution in [0.4, 0.5) is 5.69 Å². The average Bonchev–Trinajstić information content (AvgIpc) is 2.41. The maximum Gasteiger partial charge on any atom is 0.330 e. The highest BCUT2D eigenvalue weighted by molar-refractivity contribution is 5.83. The molecular weight excluding hydrogens is 254 g/mol. The summed E-state index contributed by atoms with van der Waals surface area (Å²) in [5.41, 5.74) is -1.11. The summed E-state index contributed by atoms with van der Waals surface area (Å²) in [5.74, 6) is 0.000697. The molecule has 1 aromatic carbocycles. The Bertz CT molecular complexity index is 803. The van der Waals surface area contributed by atoms with Crippen molar-refractivity contribution in [3.8, 4) is 5.75 Å². The van der Waals surface area contributed by atoms with Crippen LogP contribution in [0.1, 0.15) is 0 Å². The lowest BCUT2D eigenvalue weighted by molar-refractivity contribution is -0.385. The van der Waals surface area contributed by atoms with Crippen LogP contribution >= 0.6 is 0 Å². The number of nitro groups is 1. The van der Waals surface area contributed by atoms with Crippen LogP contribution in [-0.2, 0) is 14.1 Å². The first-order valence-electron chi connectivity index (χ1n) is 5.30. The van der Waals surface area contributed by atoms with E-state index in [9.17, 15) is 19.7 Å². The van der Waals surface area contributed by atoms with E-state index in [-0.39, 0.29) is 22.3 Å². The lowest BCUT2D eigenvalue weighted by Gasteiger charge is -2.09. The molecule has 0 N–H and O–H groups in total. The molecule has 0 aliphatic heterocycles. The highest BCUT2D eigenvalue weighted by Crippen LogP contribution is 2.29. The van der Waals surface area contributed by atoms with Gasteiger partial charge in [-0.2, -0.15) is 0 Å². The highest BCUT2D eigenvalue weighted by atomic mass is 16.6. The van der Waals surface area contributed by atoms with E-state index in [1.807, 2.05) is 0 Å². The van der Waals surface area contributed by atoms with Gasteiger partial charge in [0.25, 0.3) is 5.56 Å². The molecule has 8 heteroatoms. The fraction of sp³-hybridized carbons (Fsp3) is 0.273. The van der Waals surface area contributed by atoms with Gasteiger partial charge in [0, 0.05) is 26.2 Å². The summed E-state index contributed by atoms with van der Waals surface area (Å²) in [6.45, 7) is 0. The molecule has 0 aliphatic rings. The zero-order chi connectivity index (χ0) is 14.3. The fourth-order valence-corrected chi connectivity index (χ4v) is 1.91. The summed E-state index contributed by atoms with van der Waals surface area (Å²) in [5, 5.41) is 11.0. The van der Waals surface area contributed by atoms with Crippen molar-refractivity contribution in [1.29, 1.82) is 0 Å². The molecule has 0 fully saturated rings. The van der Waals surface area contributed by atoms with Gasteiger partial charge in [-0.25, -0.2) is 4.79 Å². The lowest BCUT2D eigenvalue weighted by Crippen LogP contribution is -2.36. The van der Waals surface area contributed by atoms with Crippen molar-refractivity contribution in [3.05, 3.63) is 43.1 Å². The largest absolute Gasteiger partial charge is 0.490 e. The Kier molecular flexibility index (Phi) is 2.85. The van der Waals surface area contributed by atoms with E-state index in [0.29, 0.717) is 0 Å². The minimum atomic E-state index is -0.636. The molecule has 0 bridgehead atoms. The Morgan fingerprint density at radius 3 is 2.37 bits per heavy atom.